The number of fused-ring (bicyclic) bond motifs is 1. The van der Waals surface area contributed by atoms with Gasteiger partial charge in [-0.1, -0.05) is 17.7 Å². The summed E-state index contributed by atoms with van der Waals surface area (Å²) in [6.45, 7) is 2.86. The molecular weight excluding hydrogens is 406 g/mol. The van der Waals surface area contributed by atoms with E-state index in [9.17, 15) is 13.2 Å². The van der Waals surface area contributed by atoms with Crippen LogP contribution in [0.2, 0.25) is 0 Å². The van der Waals surface area contributed by atoms with Gasteiger partial charge in [-0.2, -0.15) is 8.42 Å². The molecule has 0 saturated carbocycles. The van der Waals surface area contributed by atoms with Gasteiger partial charge in [0.2, 0.25) is 5.91 Å². The van der Waals surface area contributed by atoms with E-state index in [4.69, 9.17) is 0 Å². The summed E-state index contributed by atoms with van der Waals surface area (Å²) in [6, 6.07) is 12.4. The quantitative estimate of drug-likeness (QED) is 0.805. The molecule has 1 amide bonds. The summed E-state index contributed by atoms with van der Waals surface area (Å²) >= 11 is 1.57. The van der Waals surface area contributed by atoms with Crippen LogP contribution in [0.15, 0.2) is 56.7 Å². The summed E-state index contributed by atoms with van der Waals surface area (Å²) in [4.78, 5) is 15.8. The first-order chi connectivity index (χ1) is 13.8. The smallest absolute Gasteiger partial charge is 0.283 e. The molecule has 1 atom stereocenters. The maximum Gasteiger partial charge on any atom is 0.283 e. The predicted octanol–water partition coefficient (Wildman–Crippen LogP) is 3.46. The number of hydrogen-bond donors (Lipinski definition) is 1. The lowest BCUT2D eigenvalue weighted by Gasteiger charge is -2.12. The van der Waals surface area contributed by atoms with Crippen molar-refractivity contribution in [3.05, 3.63) is 53.6 Å². The van der Waals surface area contributed by atoms with Crippen molar-refractivity contribution in [1.82, 2.24) is 4.90 Å². The van der Waals surface area contributed by atoms with Crippen LogP contribution in [-0.2, 0) is 21.2 Å². The molecule has 0 radical (unpaired) electrons. The highest BCUT2D eigenvalue weighted by Crippen LogP contribution is 2.38. The molecule has 0 aromatic heterocycles. The second kappa shape index (κ2) is 7.84. The molecule has 1 N–H and O–H groups in total. The number of carbonyl (C=O) groups excluding carboxylic acids is 1. The number of carbonyl (C=O) groups is 1. The van der Waals surface area contributed by atoms with E-state index in [1.807, 2.05) is 18.9 Å². The van der Waals surface area contributed by atoms with Crippen molar-refractivity contribution in [2.75, 3.05) is 18.9 Å². The fourth-order valence-electron chi connectivity index (χ4n) is 3.52. The Morgan fingerprint density at radius 3 is 2.66 bits per heavy atom. The maximum atomic E-state index is 12.6. The van der Waals surface area contributed by atoms with E-state index in [1.54, 1.807) is 23.9 Å². The minimum Gasteiger partial charge on any atom is -0.362 e. The summed E-state index contributed by atoms with van der Waals surface area (Å²) in [7, 11) is -1.90. The molecule has 0 aliphatic carbocycles. The molecule has 1 saturated heterocycles. The first-order valence-electron chi connectivity index (χ1n) is 9.54. The molecule has 2 aromatic rings. The van der Waals surface area contributed by atoms with Crippen LogP contribution in [0, 0.1) is 6.92 Å². The first-order valence-corrected chi connectivity index (χ1v) is 11.9. The van der Waals surface area contributed by atoms with Crippen molar-refractivity contribution in [2.24, 2.45) is 4.40 Å². The molecule has 0 spiro atoms. The molecule has 8 heteroatoms. The van der Waals surface area contributed by atoms with Crippen LogP contribution in [-0.4, -0.2) is 43.9 Å². The third-order valence-corrected chi connectivity index (χ3v) is 7.79. The number of hydrogen-bond acceptors (Lipinski definition) is 4. The van der Waals surface area contributed by atoms with Crippen LogP contribution in [0.5, 0.6) is 0 Å². The number of thioether (sulfide) groups is 1. The van der Waals surface area contributed by atoms with E-state index in [1.165, 1.54) is 23.3 Å². The van der Waals surface area contributed by atoms with Crippen molar-refractivity contribution in [3.63, 3.8) is 0 Å². The molecule has 4 rings (SSSR count). The van der Waals surface area contributed by atoms with Crippen LogP contribution in [0.1, 0.15) is 24.0 Å². The number of benzene rings is 2. The zero-order chi connectivity index (χ0) is 20.6. The van der Waals surface area contributed by atoms with Crippen LogP contribution in [0.25, 0.3) is 0 Å². The number of sulfonamides is 1. The normalized spacial score (nSPS) is 20.1. The number of aryl methyl sites for hydroxylation is 1. The zero-order valence-electron chi connectivity index (χ0n) is 16.4. The number of amidine groups is 1. The molecule has 2 aliphatic heterocycles. The van der Waals surface area contributed by atoms with E-state index in [2.05, 4.69) is 27.9 Å². The van der Waals surface area contributed by atoms with E-state index in [-0.39, 0.29) is 16.1 Å². The summed E-state index contributed by atoms with van der Waals surface area (Å²) in [5, 5.41) is 2.71. The molecule has 0 bridgehead atoms. The molecule has 6 nitrogen and oxygen atoms in total. The number of amides is 1. The Kier molecular flexibility index (Phi) is 5.40. The van der Waals surface area contributed by atoms with Gasteiger partial charge >= 0.3 is 0 Å². The van der Waals surface area contributed by atoms with Crippen LogP contribution < -0.4 is 5.32 Å². The molecule has 1 fully saturated rings. The Labute approximate surface area is 175 Å². The highest BCUT2D eigenvalue weighted by Gasteiger charge is 2.28. The SMILES string of the molecule is Cc1ccc2c(c1)SC(C(=O)Nc1ccc(S(=O)(=O)N=C3CCCN3C)cc1)C2. The number of likely N-dealkylation sites (tertiary alicyclic amines) is 1. The standard InChI is InChI=1S/C21H23N3O3S2/c1-14-5-6-15-13-19(28-18(15)12-14)21(25)22-16-7-9-17(10-8-16)29(26,27)23-20-4-3-11-24(20)2/h5-10,12,19H,3-4,11,13H2,1-2H3,(H,22,25). The highest BCUT2D eigenvalue weighted by atomic mass is 32.2. The molecule has 2 aliphatic rings. The van der Waals surface area contributed by atoms with Gasteiger partial charge in [0, 0.05) is 30.6 Å². The summed E-state index contributed by atoms with van der Waals surface area (Å²) in [6.07, 6.45) is 2.28. The zero-order valence-corrected chi connectivity index (χ0v) is 18.0. The Hall–Kier alpha value is -2.32. The van der Waals surface area contributed by atoms with Crippen LogP contribution >= 0.6 is 11.8 Å². The molecule has 152 valence electrons. The topological polar surface area (TPSA) is 78.8 Å². The van der Waals surface area contributed by atoms with Crippen molar-refractivity contribution in [1.29, 1.82) is 0 Å². The average molecular weight is 430 g/mol. The number of nitrogens with one attached hydrogen (secondary N) is 1. The lowest BCUT2D eigenvalue weighted by molar-refractivity contribution is -0.115. The van der Waals surface area contributed by atoms with Crippen LogP contribution in [0.3, 0.4) is 0 Å². The van der Waals surface area contributed by atoms with Crippen molar-refractivity contribution >= 4 is 39.2 Å². The van der Waals surface area contributed by atoms with Crippen LogP contribution in [0.4, 0.5) is 5.69 Å². The Bertz CT molecular complexity index is 1080. The van der Waals surface area contributed by atoms with E-state index < -0.39 is 10.0 Å². The highest BCUT2D eigenvalue weighted by molar-refractivity contribution is 8.01. The fourth-order valence-corrected chi connectivity index (χ4v) is 5.90. The molecule has 29 heavy (non-hydrogen) atoms. The van der Waals surface area contributed by atoms with Gasteiger partial charge in [-0.25, -0.2) is 0 Å². The molecule has 1 unspecified atom stereocenters. The largest absolute Gasteiger partial charge is 0.362 e. The number of rotatable bonds is 4. The van der Waals surface area contributed by atoms with Crippen molar-refractivity contribution in [2.45, 2.75) is 41.2 Å². The average Bonchev–Trinajstić information content (AvgIpc) is 3.28. The second-order valence-electron chi connectivity index (χ2n) is 7.44. The maximum absolute atomic E-state index is 12.6. The molecule has 2 aromatic carbocycles. The third-order valence-electron chi connectivity index (χ3n) is 5.17. The van der Waals surface area contributed by atoms with E-state index in [0.717, 1.165) is 17.9 Å². The Balaban J connectivity index is 1.43. The molecular formula is C21H23N3O3S2. The number of nitrogens with zero attached hydrogens (tertiary/aromatic N) is 2. The van der Waals surface area contributed by atoms with Gasteiger partial charge in [0.1, 0.15) is 5.84 Å². The lowest BCUT2D eigenvalue weighted by atomic mass is 10.1. The minimum atomic E-state index is -3.75. The second-order valence-corrected chi connectivity index (χ2v) is 10.3. The van der Waals surface area contributed by atoms with Gasteiger partial charge in [0.05, 0.1) is 10.1 Å². The molecule has 2 heterocycles. The fraction of sp³-hybridized carbons (Fsp3) is 0.333. The number of anilines is 1. The summed E-state index contributed by atoms with van der Waals surface area (Å²) < 4.78 is 29.0. The Morgan fingerprint density at radius 1 is 1.21 bits per heavy atom. The van der Waals surface area contributed by atoms with Gasteiger partial charge in [-0.05, 0) is 55.7 Å². The van der Waals surface area contributed by atoms with Gasteiger partial charge < -0.3 is 10.2 Å². The lowest BCUT2D eigenvalue weighted by Crippen LogP contribution is -2.24. The summed E-state index contributed by atoms with van der Waals surface area (Å²) in [5.74, 6) is 0.516. The first kappa shape index (κ1) is 20.0. The van der Waals surface area contributed by atoms with E-state index >= 15 is 0 Å². The van der Waals surface area contributed by atoms with Crippen molar-refractivity contribution < 1.29 is 13.2 Å². The van der Waals surface area contributed by atoms with E-state index in [0.29, 0.717) is 24.4 Å². The van der Waals surface area contributed by atoms with Gasteiger partial charge in [0.15, 0.2) is 0 Å². The minimum absolute atomic E-state index is 0.0766. The van der Waals surface area contributed by atoms with Gasteiger partial charge in [-0.3, -0.25) is 4.79 Å². The van der Waals surface area contributed by atoms with Crippen molar-refractivity contribution in [3.8, 4) is 0 Å². The third kappa shape index (κ3) is 4.33. The Morgan fingerprint density at radius 2 is 1.97 bits per heavy atom. The monoisotopic (exact) mass is 429 g/mol. The van der Waals surface area contributed by atoms with Gasteiger partial charge in [0.25, 0.3) is 10.0 Å². The summed E-state index contributed by atoms with van der Waals surface area (Å²) in [5.41, 5.74) is 2.95. The van der Waals surface area contributed by atoms with Gasteiger partial charge in [-0.15, -0.1) is 16.2 Å². The predicted molar refractivity (Wildman–Crippen MR) is 116 cm³/mol.